The maximum absolute atomic E-state index is 6.08. The molecule has 3 aliphatic rings. The molecule has 1 aliphatic carbocycles. The van der Waals surface area contributed by atoms with Gasteiger partial charge in [0, 0.05) is 23.9 Å². The van der Waals surface area contributed by atoms with Crippen molar-refractivity contribution in [1.29, 1.82) is 0 Å². The number of para-hydroxylation sites is 1. The highest BCUT2D eigenvalue weighted by molar-refractivity contribution is 5.77. The number of furan rings is 1. The fourth-order valence-corrected chi connectivity index (χ4v) is 4.63. The summed E-state index contributed by atoms with van der Waals surface area (Å²) < 4.78 is 6.08. The van der Waals surface area contributed by atoms with Gasteiger partial charge >= 0.3 is 0 Å². The van der Waals surface area contributed by atoms with Crippen molar-refractivity contribution < 1.29 is 4.42 Å². The first-order valence-electron chi connectivity index (χ1n) is 9.15. The van der Waals surface area contributed by atoms with Crippen molar-refractivity contribution in [2.45, 2.75) is 44.2 Å². The zero-order valence-electron chi connectivity index (χ0n) is 13.9. The summed E-state index contributed by atoms with van der Waals surface area (Å²) in [4.78, 5) is 0. The van der Waals surface area contributed by atoms with Gasteiger partial charge in [0.05, 0.1) is 0 Å². The lowest BCUT2D eigenvalue weighted by molar-refractivity contribution is 0.211. The summed E-state index contributed by atoms with van der Waals surface area (Å²) in [5, 5.41) is 5.15. The first kappa shape index (κ1) is 14.3. The van der Waals surface area contributed by atoms with Gasteiger partial charge in [0.15, 0.2) is 0 Å². The van der Waals surface area contributed by atoms with Gasteiger partial charge < -0.3 is 9.73 Å². The predicted octanol–water partition coefficient (Wildman–Crippen LogP) is 4.51. The molecule has 2 heteroatoms. The SMILES string of the molecule is c1ccc2c(c1)C[C@H]1CC[C@@H](C2)[C@@H](Cc2cc3ccccc3o2)N1. The molecule has 2 aliphatic heterocycles. The van der Waals surface area contributed by atoms with Crippen molar-refractivity contribution in [2.24, 2.45) is 5.92 Å². The van der Waals surface area contributed by atoms with Crippen LogP contribution in [-0.2, 0) is 19.3 Å². The molecule has 3 atom stereocenters. The van der Waals surface area contributed by atoms with E-state index < -0.39 is 0 Å². The molecule has 1 aromatic heterocycles. The van der Waals surface area contributed by atoms with Gasteiger partial charge in [0.2, 0.25) is 0 Å². The van der Waals surface area contributed by atoms with Crippen LogP contribution in [0.4, 0.5) is 0 Å². The Labute approximate surface area is 142 Å². The topological polar surface area (TPSA) is 25.2 Å². The molecule has 0 radical (unpaired) electrons. The lowest BCUT2D eigenvalue weighted by atomic mass is 9.76. The van der Waals surface area contributed by atoms with Crippen LogP contribution in [0.15, 0.2) is 59.0 Å². The Morgan fingerprint density at radius 2 is 1.71 bits per heavy atom. The van der Waals surface area contributed by atoms with Gasteiger partial charge in [-0.3, -0.25) is 0 Å². The summed E-state index contributed by atoms with van der Waals surface area (Å²) in [5.74, 6) is 1.82. The first-order valence-corrected chi connectivity index (χ1v) is 9.15. The normalized spacial score (nSPS) is 26.1. The van der Waals surface area contributed by atoms with Crippen LogP contribution in [0.25, 0.3) is 11.0 Å². The Morgan fingerprint density at radius 1 is 0.917 bits per heavy atom. The van der Waals surface area contributed by atoms with E-state index in [0.717, 1.165) is 17.8 Å². The molecule has 1 N–H and O–H groups in total. The second-order valence-corrected chi connectivity index (χ2v) is 7.44. The third-order valence-corrected chi connectivity index (χ3v) is 5.87. The third-order valence-electron chi connectivity index (χ3n) is 5.87. The van der Waals surface area contributed by atoms with Gasteiger partial charge in [0.1, 0.15) is 11.3 Å². The summed E-state index contributed by atoms with van der Waals surface area (Å²) in [7, 11) is 0. The summed E-state index contributed by atoms with van der Waals surface area (Å²) in [6, 6.07) is 20.7. The number of nitrogens with one attached hydrogen (secondary N) is 1. The minimum absolute atomic E-state index is 0.526. The van der Waals surface area contributed by atoms with Gasteiger partial charge in [-0.1, -0.05) is 42.5 Å². The van der Waals surface area contributed by atoms with Crippen molar-refractivity contribution in [3.8, 4) is 0 Å². The summed E-state index contributed by atoms with van der Waals surface area (Å²) in [6.07, 6.45) is 5.99. The average molecular weight is 317 g/mol. The lowest BCUT2D eigenvalue weighted by Gasteiger charge is -2.40. The van der Waals surface area contributed by atoms with E-state index in [2.05, 4.69) is 53.8 Å². The van der Waals surface area contributed by atoms with E-state index in [1.54, 1.807) is 11.1 Å². The van der Waals surface area contributed by atoms with Crippen molar-refractivity contribution in [3.05, 3.63) is 71.5 Å². The number of hydrogen-bond acceptors (Lipinski definition) is 2. The molecule has 122 valence electrons. The zero-order valence-corrected chi connectivity index (χ0v) is 13.9. The van der Waals surface area contributed by atoms with E-state index >= 15 is 0 Å². The van der Waals surface area contributed by atoms with Crippen LogP contribution in [0.5, 0.6) is 0 Å². The highest BCUT2D eigenvalue weighted by atomic mass is 16.3. The number of hydrogen-bond donors (Lipinski definition) is 1. The smallest absolute Gasteiger partial charge is 0.134 e. The Bertz CT molecular complexity index is 832. The van der Waals surface area contributed by atoms with Crippen molar-refractivity contribution in [3.63, 3.8) is 0 Å². The summed E-state index contributed by atoms with van der Waals surface area (Å²) in [6.45, 7) is 0. The molecule has 1 fully saturated rings. The van der Waals surface area contributed by atoms with Crippen LogP contribution >= 0.6 is 0 Å². The fraction of sp³-hybridized carbons (Fsp3) is 0.364. The van der Waals surface area contributed by atoms with E-state index in [1.165, 1.54) is 31.1 Å². The fourth-order valence-electron chi connectivity index (χ4n) is 4.63. The van der Waals surface area contributed by atoms with Gasteiger partial charge in [-0.2, -0.15) is 0 Å². The van der Waals surface area contributed by atoms with E-state index in [9.17, 15) is 0 Å². The van der Waals surface area contributed by atoms with E-state index in [0.29, 0.717) is 18.0 Å². The Hall–Kier alpha value is -2.06. The van der Waals surface area contributed by atoms with Crippen molar-refractivity contribution >= 4 is 11.0 Å². The maximum atomic E-state index is 6.08. The molecule has 2 aromatic carbocycles. The first-order chi connectivity index (χ1) is 11.8. The Balaban J connectivity index is 1.43. The van der Waals surface area contributed by atoms with E-state index in [4.69, 9.17) is 4.42 Å². The molecule has 6 rings (SSSR count). The molecule has 2 nitrogen and oxygen atoms in total. The van der Waals surface area contributed by atoms with Crippen LogP contribution < -0.4 is 5.32 Å². The van der Waals surface area contributed by atoms with Crippen LogP contribution in [-0.4, -0.2) is 12.1 Å². The maximum Gasteiger partial charge on any atom is 0.134 e. The molecule has 2 bridgehead atoms. The van der Waals surface area contributed by atoms with E-state index in [1.807, 2.05) is 6.07 Å². The molecule has 3 heterocycles. The van der Waals surface area contributed by atoms with Gasteiger partial charge in [-0.05, 0) is 54.9 Å². The van der Waals surface area contributed by atoms with Crippen LogP contribution in [0.2, 0.25) is 0 Å². The van der Waals surface area contributed by atoms with Crippen molar-refractivity contribution in [1.82, 2.24) is 5.32 Å². The Morgan fingerprint density at radius 3 is 2.58 bits per heavy atom. The van der Waals surface area contributed by atoms with Gasteiger partial charge in [0.25, 0.3) is 0 Å². The molecular formula is C22H23NO. The van der Waals surface area contributed by atoms with E-state index in [-0.39, 0.29) is 0 Å². The monoisotopic (exact) mass is 317 g/mol. The molecule has 0 unspecified atom stereocenters. The minimum Gasteiger partial charge on any atom is -0.461 e. The number of piperidine rings is 1. The highest BCUT2D eigenvalue weighted by Crippen LogP contribution is 2.32. The summed E-state index contributed by atoms with van der Waals surface area (Å²) in [5.41, 5.74) is 4.11. The molecule has 1 saturated heterocycles. The second-order valence-electron chi connectivity index (χ2n) is 7.44. The molecule has 24 heavy (non-hydrogen) atoms. The number of fused-ring (bicyclic) bond motifs is 3. The van der Waals surface area contributed by atoms with Crippen LogP contribution in [0, 0.1) is 5.92 Å². The number of benzene rings is 2. The van der Waals surface area contributed by atoms with Crippen molar-refractivity contribution in [2.75, 3.05) is 0 Å². The highest BCUT2D eigenvalue weighted by Gasteiger charge is 2.33. The summed E-state index contributed by atoms with van der Waals surface area (Å²) >= 11 is 0. The standard InChI is InChI=1S/C22H23NO/c1-2-6-16-12-19-10-9-17(11-15(16)5-1)21(23-19)14-20-13-18-7-3-4-8-22(18)24-20/h1-8,13,17,19,21,23H,9-12,14H2/t17-,19+,21+/m0/s1. The van der Waals surface area contributed by atoms with Gasteiger partial charge in [-0.25, -0.2) is 0 Å². The molecule has 3 aromatic rings. The average Bonchev–Trinajstić information content (AvgIpc) is 2.98. The minimum atomic E-state index is 0.526. The largest absolute Gasteiger partial charge is 0.461 e. The third kappa shape index (κ3) is 2.55. The van der Waals surface area contributed by atoms with Gasteiger partial charge in [-0.15, -0.1) is 0 Å². The Kier molecular flexibility index (Phi) is 3.45. The lowest BCUT2D eigenvalue weighted by Crippen LogP contribution is -2.51. The zero-order chi connectivity index (χ0) is 15.9. The quantitative estimate of drug-likeness (QED) is 0.752. The second kappa shape index (κ2) is 5.78. The van der Waals surface area contributed by atoms with Crippen LogP contribution in [0.3, 0.4) is 0 Å². The molecule has 0 amide bonds. The molecular weight excluding hydrogens is 294 g/mol. The van der Waals surface area contributed by atoms with Crippen LogP contribution in [0.1, 0.15) is 29.7 Å². The number of rotatable bonds is 2. The predicted molar refractivity (Wildman–Crippen MR) is 97.2 cm³/mol. The molecule has 0 saturated carbocycles. The molecule has 0 spiro atoms.